The molecular formula is C11H24N2O2. The first kappa shape index (κ1) is 12.9. The summed E-state index contributed by atoms with van der Waals surface area (Å²) < 4.78 is 11.1. The molecule has 1 heterocycles. The van der Waals surface area contributed by atoms with E-state index in [1.807, 2.05) is 13.8 Å². The first-order valence-corrected chi connectivity index (χ1v) is 5.73. The molecule has 4 nitrogen and oxygen atoms in total. The van der Waals surface area contributed by atoms with E-state index in [1.165, 1.54) is 0 Å². The average molecular weight is 216 g/mol. The van der Waals surface area contributed by atoms with E-state index >= 15 is 0 Å². The van der Waals surface area contributed by atoms with E-state index in [0.29, 0.717) is 6.04 Å². The summed E-state index contributed by atoms with van der Waals surface area (Å²) in [5, 5.41) is 3.43. The molecule has 0 spiro atoms. The van der Waals surface area contributed by atoms with Crippen LogP contribution in [-0.2, 0) is 9.47 Å². The minimum atomic E-state index is -0.404. The van der Waals surface area contributed by atoms with Crippen molar-refractivity contribution in [2.75, 3.05) is 39.9 Å². The fourth-order valence-electron chi connectivity index (χ4n) is 1.43. The third kappa shape index (κ3) is 4.93. The van der Waals surface area contributed by atoms with Gasteiger partial charge in [0.2, 0.25) is 0 Å². The molecule has 0 amide bonds. The van der Waals surface area contributed by atoms with Gasteiger partial charge in [-0.1, -0.05) is 6.92 Å². The van der Waals surface area contributed by atoms with Gasteiger partial charge in [-0.2, -0.15) is 0 Å². The summed E-state index contributed by atoms with van der Waals surface area (Å²) in [4.78, 5) is 2.28. The molecule has 1 fully saturated rings. The van der Waals surface area contributed by atoms with Crippen LogP contribution in [0.3, 0.4) is 0 Å². The lowest BCUT2D eigenvalue weighted by Crippen LogP contribution is -2.49. The van der Waals surface area contributed by atoms with E-state index in [0.717, 1.165) is 32.8 Å². The van der Waals surface area contributed by atoms with Crippen molar-refractivity contribution in [3.8, 4) is 0 Å². The molecule has 1 aliphatic heterocycles. The molecule has 0 aromatic rings. The van der Waals surface area contributed by atoms with Gasteiger partial charge in [0.25, 0.3) is 0 Å². The molecule has 0 bridgehead atoms. The molecule has 0 saturated carbocycles. The molecule has 1 saturated heterocycles. The van der Waals surface area contributed by atoms with E-state index in [4.69, 9.17) is 9.47 Å². The highest BCUT2D eigenvalue weighted by Crippen LogP contribution is 2.16. The highest BCUT2D eigenvalue weighted by molar-refractivity contribution is 4.73. The zero-order valence-corrected chi connectivity index (χ0v) is 10.4. The van der Waals surface area contributed by atoms with E-state index < -0.39 is 5.79 Å². The fraction of sp³-hybridized carbons (Fsp3) is 1.00. The number of hydrogen-bond donors (Lipinski definition) is 1. The maximum Gasteiger partial charge on any atom is 0.162 e. The summed E-state index contributed by atoms with van der Waals surface area (Å²) in [6.07, 6.45) is 0. The average Bonchev–Trinajstić information content (AvgIpc) is 2.20. The van der Waals surface area contributed by atoms with Crippen LogP contribution in [0.5, 0.6) is 0 Å². The van der Waals surface area contributed by atoms with Crippen LogP contribution in [0.2, 0.25) is 0 Å². The maximum absolute atomic E-state index is 5.56. The SMILES string of the molecule is CCN(C)CCNC1COC(C)(C)OC1. The summed E-state index contributed by atoms with van der Waals surface area (Å²) in [5.74, 6) is -0.404. The minimum absolute atomic E-state index is 0.336. The molecule has 0 radical (unpaired) electrons. The Kier molecular flexibility index (Phi) is 4.99. The van der Waals surface area contributed by atoms with Gasteiger partial charge in [-0.15, -0.1) is 0 Å². The molecule has 0 aliphatic carbocycles. The molecule has 1 N–H and O–H groups in total. The van der Waals surface area contributed by atoms with Crippen molar-refractivity contribution in [1.82, 2.24) is 10.2 Å². The number of likely N-dealkylation sites (N-methyl/N-ethyl adjacent to an activating group) is 1. The number of ether oxygens (including phenoxy) is 2. The Labute approximate surface area is 92.9 Å². The monoisotopic (exact) mass is 216 g/mol. The van der Waals surface area contributed by atoms with Crippen molar-refractivity contribution >= 4 is 0 Å². The lowest BCUT2D eigenvalue weighted by atomic mass is 10.2. The lowest BCUT2D eigenvalue weighted by Gasteiger charge is -2.35. The van der Waals surface area contributed by atoms with Gasteiger partial charge in [0.1, 0.15) is 0 Å². The molecule has 90 valence electrons. The summed E-state index contributed by atoms with van der Waals surface area (Å²) in [5.41, 5.74) is 0. The van der Waals surface area contributed by atoms with Crippen molar-refractivity contribution in [3.63, 3.8) is 0 Å². The van der Waals surface area contributed by atoms with Crippen LogP contribution in [0.25, 0.3) is 0 Å². The predicted molar refractivity (Wildman–Crippen MR) is 60.9 cm³/mol. The standard InChI is InChI=1S/C11H24N2O2/c1-5-13(4)7-6-12-10-8-14-11(2,3)15-9-10/h10,12H,5-9H2,1-4H3. The van der Waals surface area contributed by atoms with Crippen LogP contribution in [0.15, 0.2) is 0 Å². The van der Waals surface area contributed by atoms with Crippen LogP contribution < -0.4 is 5.32 Å². The van der Waals surface area contributed by atoms with E-state index in [1.54, 1.807) is 0 Å². The van der Waals surface area contributed by atoms with Gasteiger partial charge < -0.3 is 19.7 Å². The Morgan fingerprint density at radius 2 is 1.93 bits per heavy atom. The largest absolute Gasteiger partial charge is 0.349 e. The Hall–Kier alpha value is -0.160. The van der Waals surface area contributed by atoms with Crippen molar-refractivity contribution in [2.24, 2.45) is 0 Å². The summed E-state index contributed by atoms with van der Waals surface area (Å²) in [7, 11) is 2.12. The quantitative estimate of drug-likeness (QED) is 0.733. The van der Waals surface area contributed by atoms with Crippen molar-refractivity contribution in [1.29, 1.82) is 0 Å². The fourth-order valence-corrected chi connectivity index (χ4v) is 1.43. The van der Waals surface area contributed by atoms with Crippen LogP contribution in [0.1, 0.15) is 20.8 Å². The van der Waals surface area contributed by atoms with E-state index in [2.05, 4.69) is 24.2 Å². The Morgan fingerprint density at radius 3 is 2.47 bits per heavy atom. The first-order chi connectivity index (χ1) is 7.03. The number of nitrogens with one attached hydrogen (secondary N) is 1. The van der Waals surface area contributed by atoms with Crippen molar-refractivity contribution < 1.29 is 9.47 Å². The van der Waals surface area contributed by atoms with Gasteiger partial charge in [-0.05, 0) is 27.4 Å². The molecular weight excluding hydrogens is 192 g/mol. The molecule has 0 aromatic carbocycles. The molecule has 0 atom stereocenters. The van der Waals surface area contributed by atoms with Gasteiger partial charge in [0, 0.05) is 13.1 Å². The van der Waals surface area contributed by atoms with Gasteiger partial charge in [0.15, 0.2) is 5.79 Å². The third-order valence-corrected chi connectivity index (χ3v) is 2.73. The van der Waals surface area contributed by atoms with Crippen molar-refractivity contribution in [2.45, 2.75) is 32.6 Å². The van der Waals surface area contributed by atoms with Crippen LogP contribution >= 0.6 is 0 Å². The molecule has 1 rings (SSSR count). The van der Waals surface area contributed by atoms with Gasteiger partial charge in [0.05, 0.1) is 19.3 Å². The smallest absolute Gasteiger partial charge is 0.162 e. The van der Waals surface area contributed by atoms with Crippen LogP contribution in [0.4, 0.5) is 0 Å². The topological polar surface area (TPSA) is 33.7 Å². The Morgan fingerprint density at radius 1 is 1.33 bits per heavy atom. The van der Waals surface area contributed by atoms with Crippen molar-refractivity contribution in [3.05, 3.63) is 0 Å². The van der Waals surface area contributed by atoms with Gasteiger partial charge in [-0.3, -0.25) is 0 Å². The zero-order valence-electron chi connectivity index (χ0n) is 10.4. The van der Waals surface area contributed by atoms with Crippen LogP contribution in [-0.4, -0.2) is 56.6 Å². The number of nitrogens with zero attached hydrogens (tertiary/aromatic N) is 1. The Balaban J connectivity index is 2.09. The number of hydrogen-bond acceptors (Lipinski definition) is 4. The molecule has 0 aromatic heterocycles. The lowest BCUT2D eigenvalue weighted by molar-refractivity contribution is -0.252. The molecule has 1 aliphatic rings. The van der Waals surface area contributed by atoms with Gasteiger partial charge >= 0.3 is 0 Å². The molecule has 4 heteroatoms. The summed E-state index contributed by atoms with van der Waals surface area (Å²) in [6, 6.07) is 0.336. The molecule has 0 unspecified atom stereocenters. The second-order valence-corrected chi connectivity index (χ2v) is 4.57. The molecule has 15 heavy (non-hydrogen) atoms. The predicted octanol–water partition coefficient (Wildman–Crippen LogP) is 0.679. The Bertz CT molecular complexity index is 175. The minimum Gasteiger partial charge on any atom is -0.349 e. The third-order valence-electron chi connectivity index (χ3n) is 2.73. The van der Waals surface area contributed by atoms with E-state index in [-0.39, 0.29) is 0 Å². The normalized spacial score (nSPS) is 22.2. The summed E-state index contributed by atoms with van der Waals surface area (Å²) >= 11 is 0. The zero-order chi connectivity index (χ0) is 11.3. The number of rotatable bonds is 5. The van der Waals surface area contributed by atoms with Gasteiger partial charge in [-0.25, -0.2) is 0 Å². The second kappa shape index (κ2) is 5.80. The van der Waals surface area contributed by atoms with Crippen LogP contribution in [0, 0.1) is 0 Å². The van der Waals surface area contributed by atoms with E-state index in [9.17, 15) is 0 Å². The first-order valence-electron chi connectivity index (χ1n) is 5.73. The summed E-state index contributed by atoms with van der Waals surface area (Å²) in [6.45, 7) is 10.7. The second-order valence-electron chi connectivity index (χ2n) is 4.57. The highest BCUT2D eigenvalue weighted by Gasteiger charge is 2.27. The highest BCUT2D eigenvalue weighted by atomic mass is 16.7. The maximum atomic E-state index is 5.56.